The molecule has 0 saturated carbocycles. The van der Waals surface area contributed by atoms with Crippen LogP contribution in [0.4, 0.5) is 0 Å². The minimum Gasteiger partial charge on any atom is -0.393 e. The van der Waals surface area contributed by atoms with Crippen molar-refractivity contribution < 1.29 is 9.70 Å². The molecule has 0 bridgehead atoms. The van der Waals surface area contributed by atoms with E-state index in [4.69, 9.17) is 5.84 Å². The minimum absolute atomic E-state index is 0.289. The van der Waals surface area contributed by atoms with Crippen molar-refractivity contribution >= 4 is 0 Å². The Morgan fingerprint density at radius 1 is 1.20 bits per heavy atom. The van der Waals surface area contributed by atoms with Crippen LogP contribution in [0.2, 0.25) is 0 Å². The first kappa shape index (κ1) is 15.4. The van der Waals surface area contributed by atoms with E-state index in [2.05, 4.69) is 30.3 Å². The van der Waals surface area contributed by atoms with Gasteiger partial charge in [-0.3, -0.25) is 0 Å². The Hall–Kier alpha value is -0.940. The molecule has 1 fully saturated rings. The van der Waals surface area contributed by atoms with Crippen LogP contribution in [-0.4, -0.2) is 40.6 Å². The van der Waals surface area contributed by atoms with E-state index in [1.54, 1.807) is 0 Å². The molecule has 2 rings (SSSR count). The van der Waals surface area contributed by atoms with E-state index in [-0.39, 0.29) is 6.10 Å². The van der Waals surface area contributed by atoms with E-state index in [9.17, 15) is 5.11 Å². The van der Waals surface area contributed by atoms with Gasteiger partial charge in [-0.1, -0.05) is 35.4 Å². The number of hydrogen-bond donors (Lipinski definition) is 2. The summed E-state index contributed by atoms with van der Waals surface area (Å²) in [5.41, 5.74) is 1.34. The van der Waals surface area contributed by atoms with Gasteiger partial charge in [0.25, 0.3) is 0 Å². The number of aliphatic hydroxyl groups is 1. The Morgan fingerprint density at radius 3 is 2.45 bits per heavy atom. The molecule has 1 aliphatic rings. The summed E-state index contributed by atoms with van der Waals surface area (Å²) >= 11 is 0. The van der Waals surface area contributed by atoms with Gasteiger partial charge in [0.1, 0.15) is 6.54 Å². The van der Waals surface area contributed by atoms with Gasteiger partial charge in [0.15, 0.2) is 0 Å². The van der Waals surface area contributed by atoms with Crippen LogP contribution in [0.5, 0.6) is 0 Å². The number of aliphatic hydroxyl groups excluding tert-OH is 1. The molecule has 0 amide bonds. The van der Waals surface area contributed by atoms with E-state index in [0.717, 1.165) is 37.2 Å². The molecule has 112 valence electrons. The monoisotopic (exact) mass is 278 g/mol. The maximum Gasteiger partial charge on any atom is 0.123 e. The third-order valence-electron chi connectivity index (χ3n) is 4.29. The molecule has 3 N–H and O–H groups in total. The summed E-state index contributed by atoms with van der Waals surface area (Å²) in [6.45, 7) is 5.73. The first-order valence-electron chi connectivity index (χ1n) is 7.73. The maximum atomic E-state index is 9.48. The Labute approximate surface area is 122 Å². The van der Waals surface area contributed by atoms with Crippen LogP contribution < -0.4 is 5.84 Å². The van der Waals surface area contributed by atoms with Crippen LogP contribution in [0, 0.1) is 0 Å². The molecule has 1 aromatic rings. The fourth-order valence-electron chi connectivity index (χ4n) is 3.06. The highest BCUT2D eigenvalue weighted by Crippen LogP contribution is 2.24. The van der Waals surface area contributed by atoms with Crippen molar-refractivity contribution in [1.29, 1.82) is 0 Å². The first-order chi connectivity index (χ1) is 9.62. The Morgan fingerprint density at radius 2 is 1.85 bits per heavy atom. The molecule has 1 aliphatic heterocycles. The molecule has 0 aliphatic carbocycles. The molecule has 0 aromatic heterocycles. The molecule has 1 saturated heterocycles. The molecule has 1 heterocycles. The van der Waals surface area contributed by atoms with Crippen LogP contribution in [0.3, 0.4) is 0 Å². The lowest BCUT2D eigenvalue weighted by Crippen LogP contribution is -2.65. The second-order valence-electron chi connectivity index (χ2n) is 6.05. The normalized spacial score (nSPS) is 20.0. The molecule has 1 unspecified atom stereocenters. The molecule has 20 heavy (non-hydrogen) atoms. The number of rotatable bonds is 6. The van der Waals surface area contributed by atoms with E-state index in [1.807, 2.05) is 12.0 Å². The van der Waals surface area contributed by atoms with E-state index in [1.165, 1.54) is 24.8 Å². The highest BCUT2D eigenvalue weighted by Gasteiger charge is 2.35. The van der Waals surface area contributed by atoms with E-state index < -0.39 is 0 Å². The van der Waals surface area contributed by atoms with Crippen molar-refractivity contribution in [1.82, 2.24) is 5.12 Å². The lowest BCUT2D eigenvalue weighted by molar-refractivity contribution is -1.05. The molecule has 4 nitrogen and oxygen atoms in total. The van der Waals surface area contributed by atoms with Crippen molar-refractivity contribution in [3.05, 3.63) is 35.9 Å². The fourth-order valence-corrected chi connectivity index (χ4v) is 3.06. The Kier molecular flexibility index (Phi) is 5.54. The average Bonchev–Trinajstić information content (AvgIpc) is 2.46. The number of piperidine rings is 1. The largest absolute Gasteiger partial charge is 0.393 e. The SMILES string of the molecule is CC(O)CCN(N)[N+]1(Cc2ccccc2)CCCCC1. The van der Waals surface area contributed by atoms with Gasteiger partial charge in [0.05, 0.1) is 25.7 Å². The van der Waals surface area contributed by atoms with Crippen LogP contribution in [0.1, 0.15) is 38.2 Å². The number of nitrogens with zero attached hydrogens (tertiary/aromatic N) is 2. The van der Waals surface area contributed by atoms with Gasteiger partial charge in [-0.25, -0.2) is 10.4 Å². The highest BCUT2D eigenvalue weighted by molar-refractivity contribution is 5.13. The van der Waals surface area contributed by atoms with Gasteiger partial charge in [0.2, 0.25) is 0 Å². The highest BCUT2D eigenvalue weighted by atomic mass is 16.3. The fraction of sp³-hybridized carbons (Fsp3) is 0.625. The van der Waals surface area contributed by atoms with Crippen molar-refractivity contribution in [2.24, 2.45) is 5.84 Å². The zero-order valence-corrected chi connectivity index (χ0v) is 12.5. The van der Waals surface area contributed by atoms with Crippen molar-refractivity contribution in [3.63, 3.8) is 0 Å². The summed E-state index contributed by atoms with van der Waals surface area (Å²) in [6.07, 6.45) is 4.21. The van der Waals surface area contributed by atoms with Gasteiger partial charge in [0, 0.05) is 5.56 Å². The number of nitrogens with two attached hydrogens (primary N) is 1. The topological polar surface area (TPSA) is 49.5 Å². The first-order valence-corrected chi connectivity index (χ1v) is 7.73. The summed E-state index contributed by atoms with van der Waals surface area (Å²) in [5, 5.41) is 11.4. The average molecular weight is 278 g/mol. The summed E-state index contributed by atoms with van der Waals surface area (Å²) in [7, 11) is 0. The quantitative estimate of drug-likeness (QED) is 0.476. The maximum absolute atomic E-state index is 9.48. The standard InChI is InChI=1S/C16H28N3O/c1-15(20)10-11-18(17)19(12-6-3-7-13-19)14-16-8-4-2-5-9-16/h2,4-5,8-9,15,20H,3,6-7,10-14,17H2,1H3/q+1. The molecule has 1 aromatic carbocycles. The van der Waals surface area contributed by atoms with Gasteiger partial charge in [-0.2, -0.15) is 0 Å². The molecular formula is C16H28N3O+. The zero-order valence-electron chi connectivity index (χ0n) is 12.5. The van der Waals surface area contributed by atoms with Crippen LogP contribution in [0.15, 0.2) is 30.3 Å². The summed E-state index contributed by atoms with van der Waals surface area (Å²) in [5.74, 6) is 6.37. The number of benzene rings is 1. The smallest absolute Gasteiger partial charge is 0.123 e. The lowest BCUT2D eigenvalue weighted by Gasteiger charge is -2.46. The number of hydrogen-bond acceptors (Lipinski definition) is 3. The Bertz CT molecular complexity index is 388. The number of hydrazine groups is 1. The molecule has 4 heteroatoms. The predicted octanol–water partition coefficient (Wildman–Crippen LogP) is 2.05. The third-order valence-corrected chi connectivity index (χ3v) is 4.29. The van der Waals surface area contributed by atoms with Gasteiger partial charge in [-0.05, 0) is 32.6 Å². The second kappa shape index (κ2) is 7.18. The summed E-state index contributed by atoms with van der Waals surface area (Å²) in [6, 6.07) is 10.6. The third kappa shape index (κ3) is 4.03. The van der Waals surface area contributed by atoms with Crippen LogP contribution in [0.25, 0.3) is 0 Å². The summed E-state index contributed by atoms with van der Waals surface area (Å²) in [4.78, 5) is 0. The second-order valence-corrected chi connectivity index (χ2v) is 6.05. The van der Waals surface area contributed by atoms with E-state index >= 15 is 0 Å². The van der Waals surface area contributed by atoms with Gasteiger partial charge >= 0.3 is 0 Å². The minimum atomic E-state index is -0.289. The van der Waals surface area contributed by atoms with Crippen molar-refractivity contribution in [3.8, 4) is 0 Å². The summed E-state index contributed by atoms with van der Waals surface area (Å²) < 4.78 is 0.830. The van der Waals surface area contributed by atoms with Crippen molar-refractivity contribution in [2.75, 3.05) is 19.6 Å². The molecule has 0 spiro atoms. The van der Waals surface area contributed by atoms with Crippen LogP contribution >= 0.6 is 0 Å². The van der Waals surface area contributed by atoms with Gasteiger partial charge in [-0.15, -0.1) is 0 Å². The lowest BCUT2D eigenvalue weighted by atomic mass is 10.1. The van der Waals surface area contributed by atoms with E-state index in [0.29, 0.717) is 0 Å². The predicted molar refractivity (Wildman–Crippen MR) is 81.2 cm³/mol. The van der Waals surface area contributed by atoms with Crippen LogP contribution in [-0.2, 0) is 6.54 Å². The molecule has 1 atom stereocenters. The van der Waals surface area contributed by atoms with Crippen molar-refractivity contribution in [2.45, 2.75) is 45.3 Å². The molecular weight excluding hydrogens is 250 g/mol. The molecule has 0 radical (unpaired) electrons. The number of likely N-dealkylation sites (tertiary alicyclic amines) is 1. The Balaban J connectivity index is 2.08. The zero-order chi connectivity index (χ0) is 14.4. The van der Waals surface area contributed by atoms with Gasteiger partial charge < -0.3 is 5.11 Å². The number of quaternary nitrogens is 1.